The Morgan fingerprint density at radius 1 is 1.22 bits per heavy atom. The number of aromatic carboxylic acids is 1. The van der Waals surface area contributed by atoms with E-state index in [-0.39, 0.29) is 5.56 Å². The maximum Gasteiger partial charge on any atom is 0.337 e. The van der Waals surface area contributed by atoms with E-state index in [2.05, 4.69) is 24.4 Å². The molecule has 0 aromatic heterocycles. The Kier molecular flexibility index (Phi) is 5.74. The Morgan fingerprint density at radius 3 is 2.65 bits per heavy atom. The Labute approximate surface area is 135 Å². The van der Waals surface area contributed by atoms with Crippen LogP contribution in [0, 0.1) is 5.92 Å². The Morgan fingerprint density at radius 2 is 1.91 bits per heavy atom. The topological polar surface area (TPSA) is 70.9 Å². The van der Waals surface area contributed by atoms with Gasteiger partial charge in [-0.2, -0.15) is 5.10 Å². The number of hydrogen-bond acceptors (Lipinski definition) is 4. The van der Waals surface area contributed by atoms with Crippen molar-refractivity contribution in [2.75, 3.05) is 12.0 Å². The second-order valence-corrected chi connectivity index (χ2v) is 5.46. The first-order chi connectivity index (χ1) is 11.1. The van der Waals surface area contributed by atoms with Gasteiger partial charge < -0.3 is 9.84 Å². The van der Waals surface area contributed by atoms with Crippen LogP contribution in [-0.4, -0.2) is 23.9 Å². The number of nitrogens with one attached hydrogen (secondary N) is 1. The highest BCUT2D eigenvalue weighted by Gasteiger charge is 2.08. The first kappa shape index (κ1) is 16.5. The second kappa shape index (κ2) is 7.98. The molecule has 5 nitrogen and oxygen atoms in total. The van der Waals surface area contributed by atoms with E-state index in [0.29, 0.717) is 18.2 Å². The molecular weight excluding hydrogens is 292 g/mol. The van der Waals surface area contributed by atoms with Crippen molar-refractivity contribution in [1.82, 2.24) is 0 Å². The minimum absolute atomic E-state index is 0.175. The van der Waals surface area contributed by atoms with Gasteiger partial charge in [0.2, 0.25) is 0 Å². The molecule has 0 spiro atoms. The molecule has 0 heterocycles. The van der Waals surface area contributed by atoms with E-state index in [1.807, 2.05) is 24.3 Å². The maximum absolute atomic E-state index is 11.1. The molecule has 0 saturated carbocycles. The molecule has 0 fully saturated rings. The van der Waals surface area contributed by atoms with E-state index in [1.165, 1.54) is 6.07 Å². The molecule has 0 amide bonds. The van der Waals surface area contributed by atoms with Gasteiger partial charge in [0, 0.05) is 5.56 Å². The van der Waals surface area contributed by atoms with Crippen LogP contribution >= 0.6 is 0 Å². The maximum atomic E-state index is 11.1. The highest BCUT2D eigenvalue weighted by molar-refractivity contribution is 5.94. The summed E-state index contributed by atoms with van der Waals surface area (Å²) in [6, 6.07) is 14.2. The van der Waals surface area contributed by atoms with Crippen LogP contribution in [0.4, 0.5) is 5.69 Å². The minimum Gasteiger partial charge on any atom is -0.493 e. The molecule has 0 radical (unpaired) electrons. The summed E-state index contributed by atoms with van der Waals surface area (Å²) in [5.74, 6) is 0.183. The lowest BCUT2D eigenvalue weighted by molar-refractivity contribution is 0.0698. The molecule has 2 aromatic carbocycles. The van der Waals surface area contributed by atoms with Crippen LogP contribution in [0.15, 0.2) is 53.6 Å². The molecule has 0 bridgehead atoms. The standard InChI is InChI=1S/C18H20N2O3/c1-13(2)12-23-17-10-6-3-7-14(17)11-19-20-16-9-5-4-8-15(16)18(21)22/h3-11,13,20H,12H2,1-2H3,(H,21,22). The largest absolute Gasteiger partial charge is 0.493 e. The van der Waals surface area contributed by atoms with Gasteiger partial charge in [0.05, 0.1) is 24.1 Å². The third kappa shape index (κ3) is 4.85. The highest BCUT2D eigenvalue weighted by Crippen LogP contribution is 2.18. The van der Waals surface area contributed by atoms with E-state index >= 15 is 0 Å². The quantitative estimate of drug-likeness (QED) is 0.601. The first-order valence-electron chi connectivity index (χ1n) is 7.41. The van der Waals surface area contributed by atoms with Crippen LogP contribution in [0.3, 0.4) is 0 Å². The molecule has 0 unspecified atom stereocenters. The first-order valence-corrected chi connectivity index (χ1v) is 7.41. The number of hydrazone groups is 1. The smallest absolute Gasteiger partial charge is 0.337 e. The van der Waals surface area contributed by atoms with Gasteiger partial charge >= 0.3 is 5.97 Å². The molecule has 0 aliphatic rings. The normalized spacial score (nSPS) is 10.9. The molecule has 0 saturated heterocycles. The number of benzene rings is 2. The van der Waals surface area contributed by atoms with Gasteiger partial charge in [-0.1, -0.05) is 38.1 Å². The fourth-order valence-corrected chi connectivity index (χ4v) is 1.91. The number of anilines is 1. The van der Waals surface area contributed by atoms with Crippen molar-refractivity contribution in [1.29, 1.82) is 0 Å². The zero-order chi connectivity index (χ0) is 16.7. The summed E-state index contributed by atoms with van der Waals surface area (Å²) in [7, 11) is 0. The lowest BCUT2D eigenvalue weighted by atomic mass is 10.2. The number of ether oxygens (including phenoxy) is 1. The van der Waals surface area contributed by atoms with Crippen molar-refractivity contribution < 1.29 is 14.6 Å². The molecule has 120 valence electrons. The molecule has 23 heavy (non-hydrogen) atoms. The number of carboxylic acid groups (broad SMARTS) is 1. The summed E-state index contributed by atoms with van der Waals surface area (Å²) in [6.07, 6.45) is 1.62. The molecule has 0 aliphatic carbocycles. The van der Waals surface area contributed by atoms with Crippen LogP contribution in [0.25, 0.3) is 0 Å². The molecule has 2 N–H and O–H groups in total. The summed E-state index contributed by atoms with van der Waals surface area (Å²) in [6.45, 7) is 4.79. The van der Waals surface area contributed by atoms with E-state index in [1.54, 1.807) is 24.4 Å². The number of nitrogens with zero attached hydrogens (tertiary/aromatic N) is 1. The van der Waals surface area contributed by atoms with Gasteiger partial charge in [-0.25, -0.2) is 4.79 Å². The van der Waals surface area contributed by atoms with Crippen LogP contribution in [0.5, 0.6) is 5.75 Å². The molecule has 5 heteroatoms. The third-order valence-corrected chi connectivity index (χ3v) is 3.04. The summed E-state index contributed by atoms with van der Waals surface area (Å²) in [5.41, 5.74) is 4.21. The van der Waals surface area contributed by atoms with E-state index < -0.39 is 5.97 Å². The fraction of sp³-hybridized carbons (Fsp3) is 0.222. The van der Waals surface area contributed by atoms with Gasteiger partial charge in [0.1, 0.15) is 5.75 Å². The fourth-order valence-electron chi connectivity index (χ4n) is 1.91. The Balaban J connectivity index is 2.11. The van der Waals surface area contributed by atoms with Gasteiger partial charge in [0.15, 0.2) is 0 Å². The number of hydrogen-bond donors (Lipinski definition) is 2. The van der Waals surface area contributed by atoms with Crippen LogP contribution < -0.4 is 10.2 Å². The summed E-state index contributed by atoms with van der Waals surface area (Å²) < 4.78 is 5.75. The zero-order valence-electron chi connectivity index (χ0n) is 13.2. The van der Waals surface area contributed by atoms with Crippen LogP contribution in [-0.2, 0) is 0 Å². The Bertz CT molecular complexity index is 696. The molecule has 0 aliphatic heterocycles. The average molecular weight is 312 g/mol. The Hall–Kier alpha value is -2.82. The number of rotatable bonds is 7. The van der Waals surface area contributed by atoms with Gasteiger partial charge in [0.25, 0.3) is 0 Å². The van der Waals surface area contributed by atoms with Gasteiger partial charge in [-0.3, -0.25) is 5.43 Å². The number of carboxylic acids is 1. The predicted molar refractivity (Wildman–Crippen MR) is 91.4 cm³/mol. The molecule has 2 aromatic rings. The van der Waals surface area contributed by atoms with Crippen molar-refractivity contribution >= 4 is 17.9 Å². The van der Waals surface area contributed by atoms with E-state index in [4.69, 9.17) is 9.84 Å². The summed E-state index contributed by atoms with van der Waals surface area (Å²) in [5, 5.41) is 13.3. The molecular formula is C18H20N2O3. The average Bonchev–Trinajstić information content (AvgIpc) is 2.54. The van der Waals surface area contributed by atoms with Crippen molar-refractivity contribution in [3.63, 3.8) is 0 Å². The second-order valence-electron chi connectivity index (χ2n) is 5.46. The highest BCUT2D eigenvalue weighted by atomic mass is 16.5. The monoisotopic (exact) mass is 312 g/mol. The van der Waals surface area contributed by atoms with Gasteiger partial charge in [-0.15, -0.1) is 0 Å². The van der Waals surface area contributed by atoms with Gasteiger partial charge in [-0.05, 0) is 30.2 Å². The third-order valence-electron chi connectivity index (χ3n) is 3.04. The molecule has 2 rings (SSSR count). The lowest BCUT2D eigenvalue weighted by Crippen LogP contribution is -2.06. The zero-order valence-corrected chi connectivity index (χ0v) is 13.2. The van der Waals surface area contributed by atoms with E-state index in [0.717, 1.165) is 11.3 Å². The predicted octanol–water partition coefficient (Wildman–Crippen LogP) is 3.87. The van der Waals surface area contributed by atoms with Crippen molar-refractivity contribution in [2.24, 2.45) is 11.0 Å². The summed E-state index contributed by atoms with van der Waals surface area (Å²) in [4.78, 5) is 11.1. The minimum atomic E-state index is -0.996. The summed E-state index contributed by atoms with van der Waals surface area (Å²) >= 11 is 0. The molecule has 0 atom stereocenters. The van der Waals surface area contributed by atoms with E-state index in [9.17, 15) is 4.79 Å². The number of carbonyl (C=O) groups is 1. The number of para-hydroxylation sites is 2. The van der Waals surface area contributed by atoms with Crippen LogP contribution in [0.1, 0.15) is 29.8 Å². The van der Waals surface area contributed by atoms with Crippen molar-refractivity contribution in [3.8, 4) is 5.75 Å². The SMILES string of the molecule is CC(C)COc1ccccc1C=NNc1ccccc1C(=O)O. The van der Waals surface area contributed by atoms with Crippen molar-refractivity contribution in [2.45, 2.75) is 13.8 Å². The lowest BCUT2D eigenvalue weighted by Gasteiger charge is -2.11. The van der Waals surface area contributed by atoms with Crippen LogP contribution in [0.2, 0.25) is 0 Å². The van der Waals surface area contributed by atoms with Crippen molar-refractivity contribution in [3.05, 3.63) is 59.7 Å².